The maximum Gasteiger partial charge on any atom is 0.241 e. The summed E-state index contributed by atoms with van der Waals surface area (Å²) in [4.78, 5) is 22.4. The number of halogens is 1. The Kier molecular flexibility index (Phi) is 5.27. The number of piperidine rings is 1. The molecular formula is C17H19ClN4O2. The van der Waals surface area contributed by atoms with Crippen LogP contribution in [-0.4, -0.2) is 40.4 Å². The number of nitrogens with zero attached hydrogens (tertiary/aromatic N) is 3. The topological polar surface area (TPSA) is 81.3 Å². The molecule has 0 unspecified atom stereocenters. The van der Waals surface area contributed by atoms with Crippen molar-refractivity contribution in [3.8, 4) is 11.6 Å². The van der Waals surface area contributed by atoms with Crippen LogP contribution in [-0.2, 0) is 4.79 Å². The summed E-state index contributed by atoms with van der Waals surface area (Å²) in [5.41, 5.74) is 6.24. The average molecular weight is 347 g/mol. The third-order valence-electron chi connectivity index (χ3n) is 4.05. The smallest absolute Gasteiger partial charge is 0.241 e. The van der Waals surface area contributed by atoms with Gasteiger partial charge in [-0.05, 0) is 37.1 Å². The van der Waals surface area contributed by atoms with Gasteiger partial charge in [0.2, 0.25) is 11.8 Å². The SMILES string of the molecule is NCC(=O)N1CCC[C@@H](c2nccnc2Oc2ccc(Cl)cc2)C1. The second-order valence-electron chi connectivity index (χ2n) is 5.69. The molecule has 0 saturated carbocycles. The Morgan fingerprint density at radius 2 is 2.04 bits per heavy atom. The first-order chi connectivity index (χ1) is 11.7. The maximum absolute atomic E-state index is 11.9. The number of rotatable bonds is 4. The molecule has 0 radical (unpaired) electrons. The van der Waals surface area contributed by atoms with Gasteiger partial charge < -0.3 is 15.4 Å². The molecule has 7 heteroatoms. The lowest BCUT2D eigenvalue weighted by Gasteiger charge is -2.32. The highest BCUT2D eigenvalue weighted by Crippen LogP contribution is 2.32. The lowest BCUT2D eigenvalue weighted by molar-refractivity contribution is -0.130. The number of aromatic nitrogens is 2. The van der Waals surface area contributed by atoms with Gasteiger partial charge in [0.25, 0.3) is 0 Å². The molecule has 1 amide bonds. The first-order valence-electron chi connectivity index (χ1n) is 7.89. The molecule has 6 nitrogen and oxygen atoms in total. The van der Waals surface area contributed by atoms with Gasteiger partial charge in [-0.15, -0.1) is 0 Å². The van der Waals surface area contributed by atoms with Crippen LogP contribution in [0.3, 0.4) is 0 Å². The van der Waals surface area contributed by atoms with Crippen LogP contribution in [0.1, 0.15) is 24.5 Å². The number of ether oxygens (including phenoxy) is 1. The molecule has 0 aliphatic carbocycles. The molecule has 0 bridgehead atoms. The molecule has 3 rings (SSSR count). The van der Waals surface area contributed by atoms with Crippen molar-refractivity contribution in [3.05, 3.63) is 47.4 Å². The van der Waals surface area contributed by atoms with Crippen LogP contribution in [0.4, 0.5) is 0 Å². The molecule has 1 aliphatic heterocycles. The lowest BCUT2D eigenvalue weighted by atomic mass is 9.94. The van der Waals surface area contributed by atoms with Crippen molar-refractivity contribution in [2.75, 3.05) is 19.6 Å². The fourth-order valence-electron chi connectivity index (χ4n) is 2.86. The molecular weight excluding hydrogens is 328 g/mol. The van der Waals surface area contributed by atoms with Gasteiger partial charge in [0.05, 0.1) is 6.54 Å². The highest BCUT2D eigenvalue weighted by molar-refractivity contribution is 6.30. The van der Waals surface area contributed by atoms with E-state index in [0.717, 1.165) is 25.1 Å². The van der Waals surface area contributed by atoms with E-state index >= 15 is 0 Å². The van der Waals surface area contributed by atoms with Gasteiger partial charge >= 0.3 is 0 Å². The van der Waals surface area contributed by atoms with E-state index in [9.17, 15) is 4.79 Å². The van der Waals surface area contributed by atoms with Crippen LogP contribution in [0.15, 0.2) is 36.7 Å². The van der Waals surface area contributed by atoms with Gasteiger partial charge in [-0.25, -0.2) is 4.98 Å². The summed E-state index contributed by atoms with van der Waals surface area (Å²) in [6.45, 7) is 1.35. The average Bonchev–Trinajstić information content (AvgIpc) is 2.63. The molecule has 1 aromatic heterocycles. The summed E-state index contributed by atoms with van der Waals surface area (Å²) in [7, 11) is 0. The molecule has 24 heavy (non-hydrogen) atoms. The number of hydrogen-bond acceptors (Lipinski definition) is 5. The summed E-state index contributed by atoms with van der Waals surface area (Å²) >= 11 is 5.90. The number of carbonyl (C=O) groups excluding carboxylic acids is 1. The predicted octanol–water partition coefficient (Wildman–Crippen LogP) is 2.59. The quantitative estimate of drug-likeness (QED) is 0.920. The number of nitrogens with two attached hydrogens (primary N) is 1. The lowest BCUT2D eigenvalue weighted by Crippen LogP contribution is -2.42. The summed E-state index contributed by atoms with van der Waals surface area (Å²) < 4.78 is 5.88. The van der Waals surface area contributed by atoms with E-state index in [1.54, 1.807) is 41.6 Å². The van der Waals surface area contributed by atoms with E-state index < -0.39 is 0 Å². The van der Waals surface area contributed by atoms with Crippen molar-refractivity contribution in [1.29, 1.82) is 0 Å². The molecule has 1 aromatic carbocycles. The van der Waals surface area contributed by atoms with E-state index in [2.05, 4.69) is 9.97 Å². The monoisotopic (exact) mass is 346 g/mol. The zero-order valence-corrected chi connectivity index (χ0v) is 13.9. The first-order valence-corrected chi connectivity index (χ1v) is 8.27. The number of benzene rings is 1. The fourth-order valence-corrected chi connectivity index (χ4v) is 2.99. The van der Waals surface area contributed by atoms with Crippen molar-refractivity contribution >= 4 is 17.5 Å². The standard InChI is InChI=1S/C17H19ClN4O2/c18-13-3-5-14(6-4-13)24-17-16(20-7-8-21-17)12-2-1-9-22(11-12)15(23)10-19/h3-8,12H,1-2,9-11,19H2/t12-/m1/s1. The summed E-state index contributed by atoms with van der Waals surface area (Å²) in [5, 5.41) is 0.643. The first kappa shape index (κ1) is 16.7. The number of amides is 1. The minimum Gasteiger partial charge on any atom is -0.437 e. The zero-order valence-electron chi connectivity index (χ0n) is 13.2. The van der Waals surface area contributed by atoms with Crippen molar-refractivity contribution in [2.45, 2.75) is 18.8 Å². The van der Waals surface area contributed by atoms with E-state index in [1.807, 2.05) is 0 Å². The second kappa shape index (κ2) is 7.59. The molecule has 1 fully saturated rings. The zero-order chi connectivity index (χ0) is 16.9. The Bertz CT molecular complexity index is 708. The summed E-state index contributed by atoms with van der Waals surface area (Å²) in [5.74, 6) is 1.16. The Morgan fingerprint density at radius 3 is 2.79 bits per heavy atom. The normalized spacial score (nSPS) is 17.6. The van der Waals surface area contributed by atoms with Crippen LogP contribution >= 0.6 is 11.6 Å². The molecule has 1 atom stereocenters. The number of carbonyl (C=O) groups is 1. The van der Waals surface area contributed by atoms with Crippen LogP contribution in [0, 0.1) is 0 Å². The van der Waals surface area contributed by atoms with Crippen LogP contribution in [0.2, 0.25) is 5.02 Å². The van der Waals surface area contributed by atoms with Gasteiger partial charge in [-0.3, -0.25) is 9.78 Å². The van der Waals surface area contributed by atoms with Gasteiger partial charge in [-0.1, -0.05) is 11.6 Å². The van der Waals surface area contributed by atoms with E-state index in [4.69, 9.17) is 22.1 Å². The third kappa shape index (κ3) is 3.83. The van der Waals surface area contributed by atoms with Crippen LogP contribution < -0.4 is 10.5 Å². The Hall–Kier alpha value is -2.18. The Labute approximate surface area is 145 Å². The molecule has 126 valence electrons. The van der Waals surface area contributed by atoms with Crippen molar-refractivity contribution in [1.82, 2.24) is 14.9 Å². The highest BCUT2D eigenvalue weighted by Gasteiger charge is 2.27. The van der Waals surface area contributed by atoms with Crippen molar-refractivity contribution in [2.24, 2.45) is 5.73 Å². The van der Waals surface area contributed by atoms with Crippen molar-refractivity contribution < 1.29 is 9.53 Å². The molecule has 0 spiro atoms. The number of hydrogen-bond donors (Lipinski definition) is 1. The van der Waals surface area contributed by atoms with E-state index in [-0.39, 0.29) is 18.4 Å². The predicted molar refractivity (Wildman–Crippen MR) is 91.2 cm³/mol. The van der Waals surface area contributed by atoms with Gasteiger partial charge in [0.15, 0.2) is 0 Å². The van der Waals surface area contributed by atoms with Gasteiger partial charge in [0.1, 0.15) is 11.4 Å². The Balaban J connectivity index is 1.80. The Morgan fingerprint density at radius 1 is 1.29 bits per heavy atom. The van der Waals surface area contributed by atoms with Crippen LogP contribution in [0.5, 0.6) is 11.6 Å². The fraction of sp³-hybridized carbons (Fsp3) is 0.353. The van der Waals surface area contributed by atoms with E-state index in [0.29, 0.717) is 23.2 Å². The highest BCUT2D eigenvalue weighted by atomic mass is 35.5. The summed E-state index contributed by atoms with van der Waals surface area (Å²) in [6, 6.07) is 7.09. The van der Waals surface area contributed by atoms with Gasteiger partial charge in [-0.2, -0.15) is 0 Å². The minimum absolute atomic E-state index is 0.0291. The molecule has 1 saturated heterocycles. The summed E-state index contributed by atoms with van der Waals surface area (Å²) in [6.07, 6.45) is 5.09. The van der Waals surface area contributed by atoms with Crippen molar-refractivity contribution in [3.63, 3.8) is 0 Å². The molecule has 2 aromatic rings. The molecule has 2 N–H and O–H groups in total. The van der Waals surface area contributed by atoms with Gasteiger partial charge in [0, 0.05) is 36.4 Å². The maximum atomic E-state index is 11.9. The van der Waals surface area contributed by atoms with E-state index in [1.165, 1.54) is 0 Å². The molecule has 2 heterocycles. The second-order valence-corrected chi connectivity index (χ2v) is 6.12. The largest absolute Gasteiger partial charge is 0.437 e. The minimum atomic E-state index is -0.0382. The number of likely N-dealkylation sites (tertiary alicyclic amines) is 1. The molecule has 1 aliphatic rings. The third-order valence-corrected chi connectivity index (χ3v) is 4.31. The van der Waals surface area contributed by atoms with Crippen LogP contribution in [0.25, 0.3) is 0 Å².